The first-order valence-electron chi connectivity index (χ1n) is 14.6. The smallest absolute Gasteiger partial charge is 0.478 e. The van der Waals surface area contributed by atoms with Crippen LogP contribution in [0.1, 0.15) is 60.7 Å². The molecule has 3 aliphatic rings. The van der Waals surface area contributed by atoms with Gasteiger partial charge in [0, 0.05) is 37.8 Å². The van der Waals surface area contributed by atoms with Crippen LogP contribution < -0.4 is 10.4 Å². The zero-order valence-corrected chi connectivity index (χ0v) is 24.8. The summed E-state index contributed by atoms with van der Waals surface area (Å²) < 4.78 is 18.4. The van der Waals surface area contributed by atoms with Crippen molar-refractivity contribution in [1.82, 2.24) is 4.90 Å². The number of hydrogen-bond acceptors (Lipinski definition) is 6. The van der Waals surface area contributed by atoms with E-state index in [2.05, 4.69) is 29.2 Å². The molecule has 42 heavy (non-hydrogen) atoms. The van der Waals surface area contributed by atoms with E-state index in [1.54, 1.807) is 17.0 Å². The minimum atomic E-state index is -1.01. The third kappa shape index (κ3) is 4.84. The van der Waals surface area contributed by atoms with Gasteiger partial charge >= 0.3 is 19.2 Å². The Bertz CT molecular complexity index is 1480. The van der Waals surface area contributed by atoms with Gasteiger partial charge in [-0.3, -0.25) is 0 Å². The van der Waals surface area contributed by atoms with E-state index in [1.807, 2.05) is 58.9 Å². The highest BCUT2D eigenvalue weighted by atomic mass is 16.7. The van der Waals surface area contributed by atoms with Crippen molar-refractivity contribution in [2.45, 2.75) is 51.7 Å². The number of carboxylic acids is 1. The molecule has 3 aromatic rings. The summed E-state index contributed by atoms with van der Waals surface area (Å²) in [7, 11) is -0.671. The van der Waals surface area contributed by atoms with Crippen molar-refractivity contribution in [3.63, 3.8) is 0 Å². The third-order valence-corrected chi connectivity index (χ3v) is 9.39. The van der Waals surface area contributed by atoms with Gasteiger partial charge in [0.15, 0.2) is 0 Å². The molecule has 9 heteroatoms. The van der Waals surface area contributed by atoms with E-state index < -0.39 is 24.3 Å². The van der Waals surface area contributed by atoms with Crippen LogP contribution in [0, 0.1) is 6.92 Å². The molecule has 1 amide bonds. The first-order valence-corrected chi connectivity index (χ1v) is 14.6. The van der Waals surface area contributed by atoms with Crippen molar-refractivity contribution < 1.29 is 28.7 Å². The zero-order chi connectivity index (χ0) is 29.8. The second-order valence-corrected chi connectivity index (χ2v) is 12.4. The van der Waals surface area contributed by atoms with Crippen LogP contribution in [0.25, 0.3) is 11.1 Å². The fraction of sp³-hybridized carbons (Fsp3) is 0.394. The minimum absolute atomic E-state index is 0.0115. The van der Waals surface area contributed by atoms with E-state index >= 15 is 0 Å². The SMILES string of the molecule is Cc1c(B2OC(C)(C)C(C)(C)O2)cc(C(=O)O)cc1N1CCN(C(=O)OCC2c3ccccc3-c3ccccc32)CC1. The predicted octanol–water partition coefficient (Wildman–Crippen LogP) is 5.06. The Balaban J connectivity index is 1.14. The number of rotatable bonds is 5. The summed E-state index contributed by atoms with van der Waals surface area (Å²) in [6.07, 6.45) is -0.328. The van der Waals surface area contributed by atoms with Gasteiger partial charge in [0.05, 0.1) is 16.8 Å². The first kappa shape index (κ1) is 28.3. The second kappa shape index (κ2) is 10.5. The number of fused-ring (bicyclic) bond motifs is 3. The molecule has 0 unspecified atom stereocenters. The van der Waals surface area contributed by atoms with Gasteiger partial charge in [-0.2, -0.15) is 0 Å². The molecule has 1 N–H and O–H groups in total. The van der Waals surface area contributed by atoms with Gasteiger partial charge in [-0.1, -0.05) is 48.5 Å². The number of carbonyl (C=O) groups excluding carboxylic acids is 1. The lowest BCUT2D eigenvalue weighted by Gasteiger charge is -2.37. The number of carboxylic acid groups (broad SMARTS) is 1. The average molecular weight is 568 g/mol. The molecule has 0 bridgehead atoms. The number of piperazine rings is 1. The van der Waals surface area contributed by atoms with Gasteiger partial charge in [0.2, 0.25) is 0 Å². The lowest BCUT2D eigenvalue weighted by atomic mass is 9.74. The highest BCUT2D eigenvalue weighted by Gasteiger charge is 2.52. The second-order valence-electron chi connectivity index (χ2n) is 12.4. The molecular weight excluding hydrogens is 531 g/mol. The summed E-state index contributed by atoms with van der Waals surface area (Å²) in [4.78, 5) is 29.1. The number of benzene rings is 3. The molecule has 2 saturated heterocycles. The van der Waals surface area contributed by atoms with Gasteiger partial charge in [-0.25, -0.2) is 9.59 Å². The Morgan fingerprint density at radius 2 is 1.45 bits per heavy atom. The fourth-order valence-corrected chi connectivity index (χ4v) is 6.20. The largest absolute Gasteiger partial charge is 0.495 e. The van der Waals surface area contributed by atoms with E-state index in [0.717, 1.165) is 11.3 Å². The van der Waals surface area contributed by atoms with Crippen molar-refractivity contribution in [1.29, 1.82) is 0 Å². The molecule has 2 heterocycles. The molecule has 0 radical (unpaired) electrons. The number of anilines is 1. The number of carbonyl (C=O) groups is 2. The molecule has 2 fully saturated rings. The van der Waals surface area contributed by atoms with Crippen LogP contribution in [-0.4, -0.2) is 73.2 Å². The Morgan fingerprint density at radius 3 is 2.00 bits per heavy atom. The molecular formula is C33H37BN2O6. The maximum atomic E-state index is 13.2. The molecule has 1 aliphatic carbocycles. The summed E-state index contributed by atoms with van der Waals surface area (Å²) in [5.41, 5.74) is 6.28. The van der Waals surface area contributed by atoms with Crippen molar-refractivity contribution in [3.05, 3.63) is 82.9 Å². The van der Waals surface area contributed by atoms with Crippen LogP contribution in [0.3, 0.4) is 0 Å². The first-order chi connectivity index (χ1) is 20.0. The van der Waals surface area contributed by atoms with Crippen LogP contribution in [0.15, 0.2) is 60.7 Å². The van der Waals surface area contributed by atoms with E-state index in [9.17, 15) is 14.7 Å². The number of aromatic carboxylic acids is 1. The van der Waals surface area contributed by atoms with Crippen LogP contribution in [0.2, 0.25) is 0 Å². The van der Waals surface area contributed by atoms with E-state index in [1.165, 1.54) is 22.3 Å². The molecule has 6 rings (SSSR count). The zero-order valence-electron chi connectivity index (χ0n) is 24.8. The van der Waals surface area contributed by atoms with Crippen molar-refractivity contribution in [3.8, 4) is 11.1 Å². The lowest BCUT2D eigenvalue weighted by molar-refractivity contribution is 0.00578. The Kier molecular flexibility index (Phi) is 7.06. The van der Waals surface area contributed by atoms with Crippen LogP contribution >= 0.6 is 0 Å². The van der Waals surface area contributed by atoms with E-state index in [0.29, 0.717) is 31.6 Å². The van der Waals surface area contributed by atoms with Crippen molar-refractivity contribution in [2.24, 2.45) is 0 Å². The molecule has 218 valence electrons. The molecule has 0 atom stereocenters. The molecule has 0 saturated carbocycles. The number of ether oxygens (including phenoxy) is 1. The Labute approximate surface area is 247 Å². The van der Waals surface area contributed by atoms with E-state index in [-0.39, 0.29) is 24.2 Å². The van der Waals surface area contributed by atoms with Crippen LogP contribution in [-0.2, 0) is 14.0 Å². The lowest BCUT2D eigenvalue weighted by Crippen LogP contribution is -2.50. The van der Waals surface area contributed by atoms with Gasteiger partial charge in [0.1, 0.15) is 6.61 Å². The topological polar surface area (TPSA) is 88.5 Å². The monoisotopic (exact) mass is 568 g/mol. The quantitative estimate of drug-likeness (QED) is 0.431. The number of amides is 1. The van der Waals surface area contributed by atoms with Crippen molar-refractivity contribution >= 4 is 30.3 Å². The normalized spacial score (nSPS) is 19.0. The number of hydrogen-bond donors (Lipinski definition) is 1. The summed E-state index contributed by atoms with van der Waals surface area (Å²) in [5, 5.41) is 9.89. The minimum Gasteiger partial charge on any atom is -0.478 e. The molecule has 0 spiro atoms. The van der Waals surface area contributed by atoms with E-state index in [4.69, 9.17) is 14.0 Å². The van der Waals surface area contributed by atoms with Crippen LogP contribution in [0.5, 0.6) is 0 Å². The predicted molar refractivity (Wildman–Crippen MR) is 163 cm³/mol. The van der Waals surface area contributed by atoms with Gasteiger partial charge < -0.3 is 29.0 Å². The summed E-state index contributed by atoms with van der Waals surface area (Å²) >= 11 is 0. The standard InChI is InChI=1S/C33H37BN2O6/c1-21-28(34-41-32(2,3)33(4,5)42-34)18-22(30(37)38)19-29(21)35-14-16-36(17-15-35)31(39)40-20-27-25-12-8-6-10-23(25)24-11-7-9-13-26(24)27/h6-13,18-19,27H,14-17,20H2,1-5H3,(H,37,38). The molecule has 3 aromatic carbocycles. The van der Waals surface area contributed by atoms with Gasteiger partial charge in [-0.15, -0.1) is 0 Å². The van der Waals surface area contributed by atoms with Crippen LogP contribution in [0.4, 0.5) is 10.5 Å². The highest BCUT2D eigenvalue weighted by Crippen LogP contribution is 2.44. The van der Waals surface area contributed by atoms with Crippen molar-refractivity contribution in [2.75, 3.05) is 37.7 Å². The Morgan fingerprint density at radius 1 is 0.905 bits per heavy atom. The maximum absolute atomic E-state index is 13.2. The summed E-state index contributed by atoms with van der Waals surface area (Å²) in [5.74, 6) is -0.997. The molecule has 8 nitrogen and oxygen atoms in total. The molecule has 0 aromatic heterocycles. The Hall–Kier alpha value is -3.82. The van der Waals surface area contributed by atoms with Gasteiger partial charge in [0.25, 0.3) is 0 Å². The fourth-order valence-electron chi connectivity index (χ4n) is 6.20. The molecule has 2 aliphatic heterocycles. The summed E-state index contributed by atoms with van der Waals surface area (Å²) in [6.45, 7) is 12.2. The summed E-state index contributed by atoms with van der Waals surface area (Å²) in [6, 6.07) is 19.9. The number of nitrogens with zero attached hydrogens (tertiary/aromatic N) is 2. The van der Waals surface area contributed by atoms with Gasteiger partial charge in [-0.05, 0) is 80.0 Å². The third-order valence-electron chi connectivity index (χ3n) is 9.39. The average Bonchev–Trinajstić information content (AvgIpc) is 3.40. The highest BCUT2D eigenvalue weighted by molar-refractivity contribution is 6.63. The maximum Gasteiger partial charge on any atom is 0.495 e.